The highest BCUT2D eigenvalue weighted by molar-refractivity contribution is 5.97. The minimum Gasteiger partial charge on any atom is -0.465 e. The van der Waals surface area contributed by atoms with Gasteiger partial charge in [0.25, 0.3) is 0 Å². The van der Waals surface area contributed by atoms with Gasteiger partial charge in [0.05, 0.1) is 18.2 Å². The van der Waals surface area contributed by atoms with E-state index in [1.54, 1.807) is 11.0 Å². The van der Waals surface area contributed by atoms with E-state index >= 15 is 0 Å². The number of methoxy groups -OCH3 is 1. The number of hydrogen-bond acceptors (Lipinski definition) is 5. The summed E-state index contributed by atoms with van der Waals surface area (Å²) in [5, 5.41) is 5.52. The lowest BCUT2D eigenvalue weighted by Crippen LogP contribution is -2.52. The number of rotatable bonds is 3. The van der Waals surface area contributed by atoms with E-state index in [4.69, 9.17) is 9.47 Å². The first-order valence-electron chi connectivity index (χ1n) is 8.71. The van der Waals surface area contributed by atoms with E-state index in [1.165, 1.54) is 7.11 Å². The summed E-state index contributed by atoms with van der Waals surface area (Å²) in [7, 11) is 1.38. The average molecular weight is 359 g/mol. The highest BCUT2D eigenvalue weighted by atomic mass is 16.6. The van der Waals surface area contributed by atoms with E-state index in [0.29, 0.717) is 24.6 Å². The van der Waals surface area contributed by atoms with Crippen molar-refractivity contribution in [3.8, 4) is 0 Å². The Morgan fingerprint density at radius 1 is 1.27 bits per heavy atom. The molecule has 0 atom stereocenters. The molecule has 1 aromatic heterocycles. The van der Waals surface area contributed by atoms with Gasteiger partial charge in [-0.3, -0.25) is 4.68 Å². The molecule has 2 aromatic rings. The van der Waals surface area contributed by atoms with E-state index < -0.39 is 5.60 Å². The normalized spacial score (nSPS) is 15.0. The maximum absolute atomic E-state index is 12.0. The average Bonchev–Trinajstić information content (AvgIpc) is 2.92. The van der Waals surface area contributed by atoms with Crippen molar-refractivity contribution in [1.29, 1.82) is 0 Å². The maximum atomic E-state index is 12.0. The number of benzene rings is 1. The standard InChI is InChI=1S/C19H25N3O4/c1-12-14(17(23)25-5)6-7-16-15(12)11-22(20-16)10-13-8-21(9-13)18(24)26-19(2,3)4/h6-7,11,13H,8-10H2,1-5H3. The van der Waals surface area contributed by atoms with E-state index in [-0.39, 0.29) is 12.1 Å². The molecule has 1 saturated heterocycles. The molecule has 0 bridgehead atoms. The van der Waals surface area contributed by atoms with Gasteiger partial charge in [0.2, 0.25) is 0 Å². The molecule has 26 heavy (non-hydrogen) atoms. The lowest BCUT2D eigenvalue weighted by Gasteiger charge is -2.39. The summed E-state index contributed by atoms with van der Waals surface area (Å²) < 4.78 is 12.1. The van der Waals surface area contributed by atoms with Gasteiger partial charge in [-0.15, -0.1) is 0 Å². The van der Waals surface area contributed by atoms with Crippen molar-refractivity contribution >= 4 is 23.0 Å². The highest BCUT2D eigenvalue weighted by Crippen LogP contribution is 2.24. The third kappa shape index (κ3) is 3.66. The van der Waals surface area contributed by atoms with Gasteiger partial charge in [-0.1, -0.05) is 0 Å². The molecule has 0 saturated carbocycles. The number of carbonyl (C=O) groups excluding carboxylic acids is 2. The van der Waals surface area contributed by atoms with Crippen LogP contribution in [-0.4, -0.2) is 52.5 Å². The van der Waals surface area contributed by atoms with Crippen molar-refractivity contribution in [3.63, 3.8) is 0 Å². The van der Waals surface area contributed by atoms with Crippen LogP contribution >= 0.6 is 0 Å². The van der Waals surface area contributed by atoms with Crippen LogP contribution in [-0.2, 0) is 16.0 Å². The van der Waals surface area contributed by atoms with Gasteiger partial charge in [0.15, 0.2) is 0 Å². The molecule has 0 radical (unpaired) electrons. The van der Waals surface area contributed by atoms with Crippen molar-refractivity contribution in [2.24, 2.45) is 5.92 Å². The summed E-state index contributed by atoms with van der Waals surface area (Å²) in [5.74, 6) is 0.00126. The largest absolute Gasteiger partial charge is 0.465 e. The van der Waals surface area contributed by atoms with Gasteiger partial charge in [-0.05, 0) is 45.4 Å². The summed E-state index contributed by atoms with van der Waals surface area (Å²) in [6, 6.07) is 3.58. The van der Waals surface area contributed by atoms with E-state index in [0.717, 1.165) is 23.0 Å². The number of likely N-dealkylation sites (tertiary alicyclic amines) is 1. The minimum absolute atomic E-state index is 0.266. The molecule has 0 N–H and O–H groups in total. The molecule has 2 heterocycles. The van der Waals surface area contributed by atoms with Crippen LogP contribution in [0.1, 0.15) is 36.7 Å². The Morgan fingerprint density at radius 2 is 1.96 bits per heavy atom. The number of carbonyl (C=O) groups is 2. The number of fused-ring (bicyclic) bond motifs is 1. The summed E-state index contributed by atoms with van der Waals surface area (Å²) in [6.45, 7) is 9.54. The molecule has 1 aromatic carbocycles. The molecule has 1 amide bonds. The fourth-order valence-corrected chi connectivity index (χ4v) is 3.13. The zero-order valence-corrected chi connectivity index (χ0v) is 15.9. The summed E-state index contributed by atoms with van der Waals surface area (Å²) in [4.78, 5) is 25.5. The van der Waals surface area contributed by atoms with Gasteiger partial charge in [0, 0.05) is 37.1 Å². The number of ether oxygens (including phenoxy) is 2. The van der Waals surface area contributed by atoms with Crippen LogP contribution < -0.4 is 0 Å². The van der Waals surface area contributed by atoms with Crippen LogP contribution in [0.2, 0.25) is 0 Å². The Bertz CT molecular complexity index is 844. The lowest BCUT2D eigenvalue weighted by atomic mass is 10.0. The summed E-state index contributed by atoms with van der Waals surface area (Å²) >= 11 is 0. The molecule has 7 nitrogen and oxygen atoms in total. The Labute approximate surface area is 152 Å². The first-order valence-corrected chi connectivity index (χ1v) is 8.71. The van der Waals surface area contributed by atoms with Crippen molar-refractivity contribution in [1.82, 2.24) is 14.7 Å². The topological polar surface area (TPSA) is 73.7 Å². The highest BCUT2D eigenvalue weighted by Gasteiger charge is 2.34. The zero-order chi connectivity index (χ0) is 19.1. The van der Waals surface area contributed by atoms with Gasteiger partial charge in [0.1, 0.15) is 5.60 Å². The first kappa shape index (κ1) is 18.2. The Hall–Kier alpha value is -2.57. The molecule has 140 valence electrons. The van der Waals surface area contributed by atoms with Gasteiger partial charge in [-0.25, -0.2) is 9.59 Å². The third-order valence-electron chi connectivity index (χ3n) is 4.47. The summed E-state index contributed by atoms with van der Waals surface area (Å²) in [6.07, 6.45) is 1.69. The van der Waals surface area contributed by atoms with Crippen LogP contribution in [0.25, 0.3) is 10.9 Å². The molecular weight excluding hydrogens is 334 g/mol. The number of hydrogen-bond donors (Lipinski definition) is 0. The Morgan fingerprint density at radius 3 is 2.58 bits per heavy atom. The summed E-state index contributed by atoms with van der Waals surface area (Å²) in [5.41, 5.74) is 1.79. The van der Waals surface area contributed by atoms with Gasteiger partial charge in [-0.2, -0.15) is 5.10 Å². The second-order valence-electron chi connectivity index (χ2n) is 7.76. The number of aromatic nitrogens is 2. The van der Waals surface area contributed by atoms with Gasteiger partial charge >= 0.3 is 12.1 Å². The fraction of sp³-hybridized carbons (Fsp3) is 0.526. The van der Waals surface area contributed by atoms with Crippen molar-refractivity contribution in [3.05, 3.63) is 29.5 Å². The van der Waals surface area contributed by atoms with Crippen LogP contribution in [0.5, 0.6) is 0 Å². The van der Waals surface area contributed by atoms with E-state index in [9.17, 15) is 9.59 Å². The molecule has 0 spiro atoms. The predicted octanol–water partition coefficient (Wildman–Crippen LogP) is 3.00. The minimum atomic E-state index is -0.475. The van der Waals surface area contributed by atoms with E-state index in [2.05, 4.69) is 5.10 Å². The number of aryl methyl sites for hydroxylation is 1. The van der Waals surface area contributed by atoms with E-state index in [1.807, 2.05) is 44.6 Å². The molecular formula is C19H25N3O4. The van der Waals surface area contributed by atoms with Crippen molar-refractivity contribution in [2.75, 3.05) is 20.2 Å². The number of nitrogens with zero attached hydrogens (tertiary/aromatic N) is 3. The monoisotopic (exact) mass is 359 g/mol. The third-order valence-corrected chi connectivity index (χ3v) is 4.47. The van der Waals surface area contributed by atoms with Crippen LogP contribution in [0.3, 0.4) is 0 Å². The number of esters is 1. The predicted molar refractivity (Wildman–Crippen MR) is 97.1 cm³/mol. The van der Waals surface area contributed by atoms with Gasteiger partial charge < -0.3 is 14.4 Å². The molecule has 0 unspecified atom stereocenters. The quantitative estimate of drug-likeness (QED) is 0.788. The Kier molecular flexibility index (Phi) is 4.64. The van der Waals surface area contributed by atoms with Crippen molar-refractivity contribution in [2.45, 2.75) is 39.8 Å². The number of amides is 1. The molecule has 1 aliphatic heterocycles. The first-order chi connectivity index (χ1) is 12.2. The molecule has 7 heteroatoms. The van der Waals surface area contributed by atoms with Crippen molar-refractivity contribution < 1.29 is 19.1 Å². The van der Waals surface area contributed by atoms with Crippen LogP contribution in [0.4, 0.5) is 4.79 Å². The smallest absolute Gasteiger partial charge is 0.410 e. The van der Waals surface area contributed by atoms with Crippen LogP contribution in [0, 0.1) is 12.8 Å². The molecule has 1 fully saturated rings. The fourth-order valence-electron chi connectivity index (χ4n) is 3.13. The molecule has 1 aliphatic rings. The molecule has 3 rings (SSSR count). The second kappa shape index (κ2) is 6.63. The maximum Gasteiger partial charge on any atom is 0.410 e. The Balaban J connectivity index is 1.65. The SMILES string of the molecule is COC(=O)c1ccc2nn(CC3CN(C(=O)OC(C)(C)C)C3)cc2c1C. The zero-order valence-electron chi connectivity index (χ0n) is 15.9. The van der Waals surface area contributed by atoms with Crippen LogP contribution in [0.15, 0.2) is 18.3 Å². The lowest BCUT2D eigenvalue weighted by molar-refractivity contribution is -0.00382. The second-order valence-corrected chi connectivity index (χ2v) is 7.76. The molecule has 0 aliphatic carbocycles.